The van der Waals surface area contributed by atoms with Crippen molar-refractivity contribution in [3.05, 3.63) is 52.9 Å². The van der Waals surface area contributed by atoms with E-state index >= 15 is 0 Å². The van der Waals surface area contributed by atoms with Crippen LogP contribution in [-0.2, 0) is 6.42 Å². The molecular formula is C14H13FO3. The molecule has 0 N–H and O–H groups in total. The summed E-state index contributed by atoms with van der Waals surface area (Å²) in [6.45, 7) is 5.65. The van der Waals surface area contributed by atoms with Gasteiger partial charge in [-0.25, -0.2) is 9.18 Å². The quantitative estimate of drug-likeness (QED) is 0.780. The van der Waals surface area contributed by atoms with E-state index in [0.29, 0.717) is 24.2 Å². The van der Waals surface area contributed by atoms with E-state index in [1.807, 2.05) is 0 Å². The van der Waals surface area contributed by atoms with Crippen molar-refractivity contribution in [1.82, 2.24) is 0 Å². The van der Waals surface area contributed by atoms with Crippen molar-refractivity contribution in [1.29, 1.82) is 0 Å². The Morgan fingerprint density at radius 3 is 2.94 bits per heavy atom. The van der Waals surface area contributed by atoms with Gasteiger partial charge >= 0.3 is 5.63 Å². The fraction of sp³-hybridized carbons (Fsp3) is 0.214. The van der Waals surface area contributed by atoms with E-state index in [9.17, 15) is 9.18 Å². The van der Waals surface area contributed by atoms with Crippen molar-refractivity contribution in [2.45, 2.75) is 13.3 Å². The second-order valence-electron chi connectivity index (χ2n) is 3.77. The lowest BCUT2D eigenvalue weighted by Crippen LogP contribution is -2.06. The Bertz CT molecular complexity index is 643. The standard InChI is InChI=1S/C14H13FO3/c1-3-5-10-8-9-6-7-11(17-4-2)13(15)12(9)14(16)18-10/h3,6-8H,1,4-5H2,2H3. The van der Waals surface area contributed by atoms with Crippen LogP contribution in [0.4, 0.5) is 4.39 Å². The third-order valence-electron chi connectivity index (χ3n) is 2.53. The Balaban J connectivity index is 2.68. The smallest absolute Gasteiger partial charge is 0.346 e. The summed E-state index contributed by atoms with van der Waals surface area (Å²) in [6, 6.07) is 4.79. The summed E-state index contributed by atoms with van der Waals surface area (Å²) in [4.78, 5) is 11.8. The molecule has 2 aromatic rings. The minimum absolute atomic E-state index is 0.0637. The van der Waals surface area contributed by atoms with Gasteiger partial charge in [0.25, 0.3) is 0 Å². The Morgan fingerprint density at radius 1 is 1.50 bits per heavy atom. The highest BCUT2D eigenvalue weighted by Crippen LogP contribution is 2.24. The van der Waals surface area contributed by atoms with E-state index in [1.165, 1.54) is 6.07 Å². The minimum Gasteiger partial charge on any atom is -0.491 e. The van der Waals surface area contributed by atoms with Gasteiger partial charge < -0.3 is 9.15 Å². The number of benzene rings is 1. The van der Waals surface area contributed by atoms with Crippen molar-refractivity contribution < 1.29 is 13.5 Å². The van der Waals surface area contributed by atoms with Crippen LogP contribution in [0.5, 0.6) is 5.75 Å². The summed E-state index contributed by atoms with van der Waals surface area (Å²) in [5.41, 5.74) is -0.691. The topological polar surface area (TPSA) is 39.4 Å². The van der Waals surface area contributed by atoms with Crippen LogP contribution in [0.2, 0.25) is 0 Å². The summed E-state index contributed by atoms with van der Waals surface area (Å²) < 4.78 is 24.2. The molecule has 18 heavy (non-hydrogen) atoms. The van der Waals surface area contributed by atoms with Gasteiger partial charge in [0.1, 0.15) is 11.1 Å². The molecule has 0 fully saturated rings. The van der Waals surface area contributed by atoms with Gasteiger partial charge in [0.2, 0.25) is 0 Å². The van der Waals surface area contributed by atoms with Gasteiger partial charge in [0.15, 0.2) is 11.6 Å². The third kappa shape index (κ3) is 2.14. The van der Waals surface area contributed by atoms with Gasteiger partial charge in [0, 0.05) is 6.42 Å². The van der Waals surface area contributed by atoms with Crippen LogP contribution in [0.3, 0.4) is 0 Å². The van der Waals surface area contributed by atoms with Crippen molar-refractivity contribution in [2.75, 3.05) is 6.61 Å². The highest BCUT2D eigenvalue weighted by atomic mass is 19.1. The summed E-state index contributed by atoms with van der Waals surface area (Å²) in [6.07, 6.45) is 2.05. The maximum absolute atomic E-state index is 14.0. The molecule has 0 atom stereocenters. The van der Waals surface area contributed by atoms with Crippen LogP contribution in [0.25, 0.3) is 10.8 Å². The van der Waals surface area contributed by atoms with E-state index in [2.05, 4.69) is 6.58 Å². The first kappa shape index (κ1) is 12.4. The molecule has 0 saturated carbocycles. The van der Waals surface area contributed by atoms with Crippen molar-refractivity contribution in [2.24, 2.45) is 0 Å². The van der Waals surface area contributed by atoms with Crippen LogP contribution in [0.15, 0.2) is 40.1 Å². The number of ether oxygens (including phenoxy) is 1. The van der Waals surface area contributed by atoms with Gasteiger partial charge in [-0.3, -0.25) is 0 Å². The molecule has 1 aromatic heterocycles. The molecule has 1 heterocycles. The summed E-state index contributed by atoms with van der Waals surface area (Å²) in [5.74, 6) is -0.145. The number of hydrogen-bond donors (Lipinski definition) is 0. The first-order valence-corrected chi connectivity index (χ1v) is 5.66. The fourth-order valence-corrected chi connectivity index (χ4v) is 1.78. The molecule has 0 radical (unpaired) electrons. The highest BCUT2D eigenvalue weighted by molar-refractivity contribution is 5.83. The van der Waals surface area contributed by atoms with Crippen LogP contribution in [0.1, 0.15) is 12.7 Å². The van der Waals surface area contributed by atoms with E-state index in [4.69, 9.17) is 9.15 Å². The van der Waals surface area contributed by atoms with E-state index in [-0.39, 0.29) is 11.1 Å². The van der Waals surface area contributed by atoms with Gasteiger partial charge in [0.05, 0.1) is 6.61 Å². The zero-order chi connectivity index (χ0) is 13.1. The Morgan fingerprint density at radius 2 is 2.28 bits per heavy atom. The molecule has 0 spiro atoms. The minimum atomic E-state index is -0.691. The number of rotatable bonds is 4. The molecule has 0 saturated heterocycles. The molecule has 3 nitrogen and oxygen atoms in total. The van der Waals surface area contributed by atoms with Crippen molar-refractivity contribution >= 4 is 10.8 Å². The lowest BCUT2D eigenvalue weighted by molar-refractivity contribution is 0.322. The van der Waals surface area contributed by atoms with E-state index in [1.54, 1.807) is 25.1 Å². The van der Waals surface area contributed by atoms with Gasteiger partial charge in [-0.15, -0.1) is 6.58 Å². The molecule has 94 valence electrons. The molecule has 1 aromatic carbocycles. The van der Waals surface area contributed by atoms with Gasteiger partial charge in [-0.2, -0.15) is 0 Å². The maximum atomic E-state index is 14.0. The summed E-state index contributed by atoms with van der Waals surface area (Å²) in [7, 11) is 0. The highest BCUT2D eigenvalue weighted by Gasteiger charge is 2.13. The monoisotopic (exact) mass is 248 g/mol. The van der Waals surface area contributed by atoms with Crippen LogP contribution in [0, 0.1) is 5.82 Å². The fourth-order valence-electron chi connectivity index (χ4n) is 1.78. The van der Waals surface area contributed by atoms with Gasteiger partial charge in [-0.1, -0.05) is 12.1 Å². The van der Waals surface area contributed by atoms with Crippen LogP contribution in [-0.4, -0.2) is 6.61 Å². The van der Waals surface area contributed by atoms with Crippen molar-refractivity contribution in [3.8, 4) is 5.75 Å². The summed E-state index contributed by atoms with van der Waals surface area (Å²) >= 11 is 0. The lowest BCUT2D eigenvalue weighted by atomic mass is 10.1. The first-order valence-electron chi connectivity index (χ1n) is 5.66. The molecule has 0 amide bonds. The maximum Gasteiger partial charge on any atom is 0.346 e. The van der Waals surface area contributed by atoms with Crippen LogP contribution >= 0.6 is 0 Å². The molecule has 0 aliphatic carbocycles. The largest absolute Gasteiger partial charge is 0.491 e. The zero-order valence-corrected chi connectivity index (χ0v) is 10.0. The predicted octanol–water partition coefficient (Wildman–Crippen LogP) is 3.06. The Labute approximate surface area is 103 Å². The number of hydrogen-bond acceptors (Lipinski definition) is 3. The van der Waals surface area contributed by atoms with E-state index in [0.717, 1.165) is 0 Å². The van der Waals surface area contributed by atoms with Gasteiger partial charge in [-0.05, 0) is 24.4 Å². The van der Waals surface area contributed by atoms with Crippen LogP contribution < -0.4 is 10.4 Å². The first-order chi connectivity index (χ1) is 8.67. The lowest BCUT2D eigenvalue weighted by Gasteiger charge is -2.07. The number of halogens is 1. The normalized spacial score (nSPS) is 10.6. The predicted molar refractivity (Wildman–Crippen MR) is 67.5 cm³/mol. The number of allylic oxidation sites excluding steroid dienone is 1. The average Bonchev–Trinajstić information content (AvgIpc) is 2.33. The number of fused-ring (bicyclic) bond motifs is 1. The molecule has 4 heteroatoms. The average molecular weight is 248 g/mol. The zero-order valence-electron chi connectivity index (χ0n) is 10.0. The second kappa shape index (κ2) is 5.04. The molecule has 0 bridgehead atoms. The molecule has 0 aliphatic rings. The van der Waals surface area contributed by atoms with E-state index < -0.39 is 11.4 Å². The second-order valence-corrected chi connectivity index (χ2v) is 3.77. The molecule has 0 unspecified atom stereocenters. The Hall–Kier alpha value is -2.10. The molecule has 2 rings (SSSR count). The molecule has 0 aliphatic heterocycles. The summed E-state index contributed by atoms with van der Waals surface area (Å²) in [5, 5.41) is 0.429. The SMILES string of the molecule is C=CCc1cc2ccc(OCC)c(F)c2c(=O)o1. The Kier molecular flexibility index (Phi) is 3.46. The third-order valence-corrected chi connectivity index (χ3v) is 2.53. The molecular weight excluding hydrogens is 235 g/mol. The van der Waals surface area contributed by atoms with Crippen molar-refractivity contribution in [3.63, 3.8) is 0 Å².